The molecule has 0 aromatic heterocycles. The largest absolute Gasteiger partial charge is 0.515 e. The summed E-state index contributed by atoms with van der Waals surface area (Å²) in [6, 6.07) is 0. The molecule has 25 heavy (non-hydrogen) atoms. The van der Waals surface area contributed by atoms with E-state index in [4.69, 9.17) is 0 Å². The fourth-order valence-corrected chi connectivity index (χ4v) is 7.36. The molecule has 4 aliphatic carbocycles. The Bertz CT molecular complexity index is 685. The molecule has 0 radical (unpaired) electrons. The highest BCUT2D eigenvalue weighted by Gasteiger charge is 2.62. The van der Waals surface area contributed by atoms with Crippen LogP contribution in [0.5, 0.6) is 0 Å². The zero-order valence-electron chi connectivity index (χ0n) is 16.1. The first kappa shape index (κ1) is 17.3. The van der Waals surface area contributed by atoms with Gasteiger partial charge in [0.05, 0.1) is 11.9 Å². The number of hydrogen-bond donors (Lipinski definition) is 2. The third-order valence-corrected chi connectivity index (χ3v) is 9.03. The van der Waals surface area contributed by atoms with Gasteiger partial charge in [0.25, 0.3) is 0 Å². The molecule has 0 aromatic carbocycles. The summed E-state index contributed by atoms with van der Waals surface area (Å²) in [5.41, 5.74) is 2.27. The number of hydrogen-bond acceptors (Lipinski definition) is 3. The van der Waals surface area contributed by atoms with Crippen molar-refractivity contribution in [2.75, 3.05) is 0 Å². The van der Waals surface area contributed by atoms with E-state index in [0.29, 0.717) is 29.7 Å². The van der Waals surface area contributed by atoms with Gasteiger partial charge in [0.2, 0.25) is 0 Å². The summed E-state index contributed by atoms with van der Waals surface area (Å²) in [7, 11) is 0. The van der Waals surface area contributed by atoms with Gasteiger partial charge in [-0.15, -0.1) is 0 Å². The molecule has 0 aliphatic heterocycles. The van der Waals surface area contributed by atoms with E-state index in [1.807, 2.05) is 13.8 Å². The number of aliphatic hydroxyl groups excluding tert-OH is 1. The first-order chi connectivity index (χ1) is 11.7. The van der Waals surface area contributed by atoms with Crippen molar-refractivity contribution in [3.8, 4) is 0 Å². The molecule has 2 N–H and O–H groups in total. The van der Waals surface area contributed by atoms with E-state index in [1.165, 1.54) is 5.57 Å². The van der Waals surface area contributed by atoms with Crippen molar-refractivity contribution < 1.29 is 15.0 Å². The topological polar surface area (TPSA) is 57.5 Å². The smallest absolute Gasteiger partial charge is 0.187 e. The van der Waals surface area contributed by atoms with Crippen LogP contribution in [0.15, 0.2) is 23.0 Å². The van der Waals surface area contributed by atoms with Gasteiger partial charge in [-0.1, -0.05) is 19.4 Å². The van der Waals surface area contributed by atoms with Crippen LogP contribution in [0, 0.1) is 28.6 Å². The van der Waals surface area contributed by atoms with E-state index in [9.17, 15) is 15.0 Å². The molecule has 4 aliphatic rings. The summed E-state index contributed by atoms with van der Waals surface area (Å²) in [5, 5.41) is 20.6. The minimum atomic E-state index is -0.547. The van der Waals surface area contributed by atoms with Gasteiger partial charge in [-0.25, -0.2) is 0 Å². The van der Waals surface area contributed by atoms with Gasteiger partial charge in [-0.05, 0) is 93.0 Å². The van der Waals surface area contributed by atoms with Gasteiger partial charge in [-0.2, -0.15) is 0 Å². The van der Waals surface area contributed by atoms with Crippen LogP contribution in [-0.4, -0.2) is 21.6 Å². The van der Waals surface area contributed by atoms with Crippen LogP contribution < -0.4 is 0 Å². The average molecular weight is 344 g/mol. The molecule has 6 atom stereocenters. The Morgan fingerprint density at radius 1 is 1.08 bits per heavy atom. The fourth-order valence-electron chi connectivity index (χ4n) is 7.36. The van der Waals surface area contributed by atoms with Crippen LogP contribution in [0.4, 0.5) is 0 Å². The maximum Gasteiger partial charge on any atom is 0.187 e. The number of rotatable bonds is 0. The minimum absolute atomic E-state index is 0.00868. The van der Waals surface area contributed by atoms with Crippen molar-refractivity contribution in [2.45, 2.75) is 78.2 Å². The predicted molar refractivity (Wildman–Crippen MR) is 98.0 cm³/mol. The summed E-state index contributed by atoms with van der Waals surface area (Å²) in [5.74, 6) is 1.81. The highest BCUT2D eigenvalue weighted by molar-refractivity contribution is 6.09. The molecule has 4 rings (SSSR count). The molecule has 138 valence electrons. The van der Waals surface area contributed by atoms with Crippen molar-refractivity contribution in [3.05, 3.63) is 23.0 Å². The fraction of sp³-hybridized carbons (Fsp3) is 0.773. The van der Waals surface area contributed by atoms with Gasteiger partial charge in [-0.3, -0.25) is 4.79 Å². The Balaban J connectivity index is 1.75. The van der Waals surface area contributed by atoms with Gasteiger partial charge >= 0.3 is 0 Å². The molecule has 0 unspecified atom stereocenters. The van der Waals surface area contributed by atoms with Crippen molar-refractivity contribution in [2.24, 2.45) is 28.6 Å². The van der Waals surface area contributed by atoms with Gasteiger partial charge in [0.15, 0.2) is 5.78 Å². The summed E-state index contributed by atoms with van der Waals surface area (Å²) in [6.07, 6.45) is 8.10. The Kier molecular flexibility index (Phi) is 3.62. The second-order valence-electron chi connectivity index (χ2n) is 9.87. The number of carbonyl (C=O) groups is 1. The van der Waals surface area contributed by atoms with E-state index in [0.717, 1.165) is 50.4 Å². The molecule has 0 saturated heterocycles. The lowest BCUT2D eigenvalue weighted by Crippen LogP contribution is -2.54. The second-order valence-corrected chi connectivity index (χ2v) is 9.87. The van der Waals surface area contributed by atoms with E-state index in [1.54, 1.807) is 0 Å². The first-order valence-electron chi connectivity index (χ1n) is 9.96. The molecule has 0 amide bonds. The summed E-state index contributed by atoms with van der Waals surface area (Å²) in [6.45, 7) is 8.63. The molecule has 0 spiro atoms. The van der Waals surface area contributed by atoms with Crippen LogP contribution in [0.25, 0.3) is 0 Å². The highest BCUT2D eigenvalue weighted by atomic mass is 16.3. The summed E-state index contributed by atoms with van der Waals surface area (Å²) < 4.78 is 0. The lowest BCUT2D eigenvalue weighted by atomic mass is 9.45. The lowest BCUT2D eigenvalue weighted by molar-refractivity contribution is -0.121. The Morgan fingerprint density at radius 2 is 1.76 bits per heavy atom. The third kappa shape index (κ3) is 2.05. The normalized spacial score (nSPS) is 51.3. The third-order valence-electron chi connectivity index (χ3n) is 9.03. The predicted octanol–water partition coefficient (Wildman–Crippen LogP) is 4.71. The average Bonchev–Trinajstić information content (AvgIpc) is 2.81. The zero-order chi connectivity index (χ0) is 18.2. The Labute approximate surface area is 151 Å². The number of aliphatic hydroxyl groups is 2. The number of fused-ring (bicyclic) bond motifs is 5. The molecule has 3 fully saturated rings. The minimum Gasteiger partial charge on any atom is -0.515 e. The van der Waals surface area contributed by atoms with Crippen LogP contribution in [0.3, 0.4) is 0 Å². The molecular weight excluding hydrogens is 312 g/mol. The van der Waals surface area contributed by atoms with E-state index in [2.05, 4.69) is 13.8 Å². The number of carbonyl (C=O) groups excluding carboxylic acids is 1. The Hall–Kier alpha value is -1.09. The second kappa shape index (κ2) is 5.22. The number of allylic oxidation sites excluding steroid dienone is 2. The molecule has 0 bridgehead atoms. The van der Waals surface area contributed by atoms with Crippen molar-refractivity contribution >= 4 is 5.78 Å². The van der Waals surface area contributed by atoms with E-state index < -0.39 is 5.60 Å². The summed E-state index contributed by atoms with van der Waals surface area (Å²) in [4.78, 5) is 12.5. The Morgan fingerprint density at radius 3 is 2.44 bits per heavy atom. The van der Waals surface area contributed by atoms with E-state index in [-0.39, 0.29) is 16.6 Å². The van der Waals surface area contributed by atoms with Crippen LogP contribution in [0.1, 0.15) is 72.6 Å². The van der Waals surface area contributed by atoms with Crippen molar-refractivity contribution in [3.63, 3.8) is 0 Å². The van der Waals surface area contributed by atoms with Crippen LogP contribution in [0.2, 0.25) is 0 Å². The summed E-state index contributed by atoms with van der Waals surface area (Å²) >= 11 is 0. The quantitative estimate of drug-likeness (QED) is 0.494. The van der Waals surface area contributed by atoms with Crippen molar-refractivity contribution in [1.82, 2.24) is 0 Å². The van der Waals surface area contributed by atoms with E-state index >= 15 is 0 Å². The maximum atomic E-state index is 12.5. The molecule has 0 heterocycles. The highest BCUT2D eigenvalue weighted by Crippen LogP contribution is 2.68. The van der Waals surface area contributed by atoms with Crippen LogP contribution in [-0.2, 0) is 4.79 Å². The SMILES string of the molecule is CC1=C2CC[C@@H]3[C@H](CC[C@@]4(C)[C@H]3CC[C@]4(C)O)[C@@]2(C)CC(=CO)C1=O. The first-order valence-corrected chi connectivity index (χ1v) is 9.96. The number of Topliss-reactive ketones (excluding diaryl/α,β-unsaturated/α-hetero) is 1. The van der Waals surface area contributed by atoms with Crippen molar-refractivity contribution in [1.29, 1.82) is 0 Å². The van der Waals surface area contributed by atoms with Gasteiger partial charge < -0.3 is 10.2 Å². The van der Waals surface area contributed by atoms with Gasteiger partial charge in [0.1, 0.15) is 0 Å². The molecule has 0 aromatic rings. The molecule has 3 heteroatoms. The lowest BCUT2D eigenvalue weighted by Gasteiger charge is -2.59. The molecule has 3 nitrogen and oxygen atoms in total. The maximum absolute atomic E-state index is 12.5. The molecular formula is C22H32O3. The van der Waals surface area contributed by atoms with Crippen LogP contribution >= 0.6 is 0 Å². The van der Waals surface area contributed by atoms with Gasteiger partial charge in [0, 0.05) is 5.57 Å². The molecule has 3 saturated carbocycles. The standard InChI is InChI=1S/C22H32O3/c1-13-16-6-5-15-17(20(16,2)11-14(12-23)19(13)24)7-9-21(3)18(15)8-10-22(21,4)25/h12,15,17-18,23,25H,5-11H2,1-4H3/t15-,17+,18+,20+,21+,22+/m1/s1. The zero-order valence-corrected chi connectivity index (χ0v) is 16.1. The monoisotopic (exact) mass is 344 g/mol. The number of ketones is 1.